The number of carbonyl (C=O) groups excluding carboxylic acids is 1. The van der Waals surface area contributed by atoms with Crippen LogP contribution in [0.1, 0.15) is 12.5 Å². The molecule has 1 N–H and O–H groups in total. The Morgan fingerprint density at radius 1 is 1.47 bits per heavy atom. The first kappa shape index (κ1) is 13.2. The van der Waals surface area contributed by atoms with Crippen LogP contribution in [0.25, 0.3) is 10.9 Å². The Morgan fingerprint density at radius 3 is 3.00 bits per heavy atom. The molecule has 0 atom stereocenters. The van der Waals surface area contributed by atoms with Crippen molar-refractivity contribution < 1.29 is 9.63 Å². The normalized spacial score (nSPS) is 10.6. The van der Waals surface area contributed by atoms with Gasteiger partial charge in [0, 0.05) is 0 Å². The maximum Gasteiger partial charge on any atom is 0.263 e. The highest BCUT2D eigenvalue weighted by Crippen LogP contribution is 2.10. The van der Waals surface area contributed by atoms with Crippen LogP contribution >= 0.6 is 0 Å². The molecular formula is C13H15N3O3. The molecule has 0 aliphatic heterocycles. The second-order valence-corrected chi connectivity index (χ2v) is 4.11. The van der Waals surface area contributed by atoms with E-state index in [1.807, 2.05) is 13.0 Å². The number of nitrogens with one attached hydrogen (secondary N) is 1. The zero-order valence-corrected chi connectivity index (χ0v) is 10.8. The molecule has 6 heteroatoms. The van der Waals surface area contributed by atoms with Gasteiger partial charge in [0.15, 0.2) is 0 Å². The first-order valence-electron chi connectivity index (χ1n) is 5.99. The number of benzene rings is 1. The SMILES string of the molecule is CCONC(=O)Cn1cnc2c(C)cccc2c1=O. The summed E-state index contributed by atoms with van der Waals surface area (Å²) in [6, 6.07) is 5.39. The first-order valence-corrected chi connectivity index (χ1v) is 5.99. The summed E-state index contributed by atoms with van der Waals surface area (Å²) in [5.74, 6) is -0.391. The summed E-state index contributed by atoms with van der Waals surface area (Å²) in [5, 5.41) is 0.506. The molecule has 0 aliphatic rings. The van der Waals surface area contributed by atoms with E-state index in [1.54, 1.807) is 19.1 Å². The van der Waals surface area contributed by atoms with E-state index in [9.17, 15) is 9.59 Å². The number of fused-ring (bicyclic) bond motifs is 1. The predicted molar refractivity (Wildman–Crippen MR) is 70.5 cm³/mol. The third kappa shape index (κ3) is 2.79. The lowest BCUT2D eigenvalue weighted by Crippen LogP contribution is -2.32. The fraction of sp³-hybridized carbons (Fsp3) is 0.308. The molecule has 6 nitrogen and oxygen atoms in total. The Balaban J connectivity index is 2.33. The van der Waals surface area contributed by atoms with Crippen molar-refractivity contribution in [1.82, 2.24) is 15.0 Å². The molecule has 1 aromatic carbocycles. The number of hydroxylamine groups is 1. The lowest BCUT2D eigenvalue weighted by atomic mass is 10.1. The van der Waals surface area contributed by atoms with Gasteiger partial charge < -0.3 is 0 Å². The fourth-order valence-electron chi connectivity index (χ4n) is 1.79. The van der Waals surface area contributed by atoms with E-state index in [0.29, 0.717) is 17.5 Å². The maximum atomic E-state index is 12.2. The molecule has 0 fully saturated rings. The molecule has 19 heavy (non-hydrogen) atoms. The van der Waals surface area contributed by atoms with E-state index in [-0.39, 0.29) is 12.1 Å². The van der Waals surface area contributed by atoms with Crippen molar-refractivity contribution in [3.05, 3.63) is 40.4 Å². The van der Waals surface area contributed by atoms with Crippen molar-refractivity contribution in [3.63, 3.8) is 0 Å². The van der Waals surface area contributed by atoms with E-state index >= 15 is 0 Å². The van der Waals surface area contributed by atoms with Gasteiger partial charge in [0.1, 0.15) is 6.54 Å². The number of rotatable bonds is 4. The fourth-order valence-corrected chi connectivity index (χ4v) is 1.79. The van der Waals surface area contributed by atoms with Gasteiger partial charge in [-0.25, -0.2) is 10.5 Å². The number of amides is 1. The maximum absolute atomic E-state index is 12.2. The number of nitrogens with zero attached hydrogens (tertiary/aromatic N) is 2. The van der Waals surface area contributed by atoms with Crippen molar-refractivity contribution in [2.45, 2.75) is 20.4 Å². The molecule has 0 saturated heterocycles. The van der Waals surface area contributed by atoms with E-state index < -0.39 is 5.91 Å². The van der Waals surface area contributed by atoms with Gasteiger partial charge in [-0.1, -0.05) is 12.1 Å². The van der Waals surface area contributed by atoms with E-state index in [1.165, 1.54) is 10.9 Å². The Kier molecular flexibility index (Phi) is 3.91. The standard InChI is InChI=1S/C13H15N3O3/c1-3-19-15-11(17)7-16-8-14-12-9(2)5-4-6-10(12)13(16)18/h4-6,8H,3,7H2,1-2H3,(H,15,17). The quantitative estimate of drug-likeness (QED) is 0.825. The largest absolute Gasteiger partial charge is 0.289 e. The lowest BCUT2D eigenvalue weighted by molar-refractivity contribution is -0.133. The van der Waals surface area contributed by atoms with Crippen LogP contribution in [-0.4, -0.2) is 22.1 Å². The third-order valence-corrected chi connectivity index (χ3v) is 2.70. The van der Waals surface area contributed by atoms with E-state index in [4.69, 9.17) is 4.84 Å². The van der Waals surface area contributed by atoms with Gasteiger partial charge in [-0.3, -0.25) is 19.0 Å². The van der Waals surface area contributed by atoms with Gasteiger partial charge in [-0.15, -0.1) is 0 Å². The van der Waals surface area contributed by atoms with E-state index in [2.05, 4.69) is 10.5 Å². The Hall–Kier alpha value is -2.21. The van der Waals surface area contributed by atoms with Crippen LogP contribution in [0.5, 0.6) is 0 Å². The predicted octanol–water partition coefficient (Wildman–Crippen LogP) is 0.773. The van der Waals surface area contributed by atoms with Crippen molar-refractivity contribution in [1.29, 1.82) is 0 Å². The highest BCUT2D eigenvalue weighted by atomic mass is 16.6. The van der Waals surface area contributed by atoms with Crippen LogP contribution in [0.2, 0.25) is 0 Å². The third-order valence-electron chi connectivity index (χ3n) is 2.70. The van der Waals surface area contributed by atoms with Crippen LogP contribution < -0.4 is 11.0 Å². The molecule has 1 aromatic heterocycles. The monoisotopic (exact) mass is 261 g/mol. The Bertz CT molecular complexity index is 664. The summed E-state index contributed by atoms with van der Waals surface area (Å²) in [6.45, 7) is 3.90. The second kappa shape index (κ2) is 5.62. The van der Waals surface area contributed by atoms with Gasteiger partial charge in [0.2, 0.25) is 0 Å². The topological polar surface area (TPSA) is 73.2 Å². The average Bonchev–Trinajstić information content (AvgIpc) is 2.40. The van der Waals surface area contributed by atoms with Crippen molar-refractivity contribution >= 4 is 16.8 Å². The number of carbonyl (C=O) groups is 1. The molecule has 0 unspecified atom stereocenters. The van der Waals surface area contributed by atoms with Crippen LogP contribution in [0.4, 0.5) is 0 Å². The van der Waals surface area contributed by atoms with Gasteiger partial charge in [-0.2, -0.15) is 0 Å². The minimum atomic E-state index is -0.391. The van der Waals surface area contributed by atoms with Crippen molar-refractivity contribution in [2.75, 3.05) is 6.61 Å². The summed E-state index contributed by atoms with van der Waals surface area (Å²) in [7, 11) is 0. The summed E-state index contributed by atoms with van der Waals surface area (Å²) < 4.78 is 1.26. The van der Waals surface area contributed by atoms with Gasteiger partial charge in [0.05, 0.1) is 23.8 Å². The molecule has 0 spiro atoms. The van der Waals surface area contributed by atoms with Gasteiger partial charge in [-0.05, 0) is 25.5 Å². The second-order valence-electron chi connectivity index (χ2n) is 4.11. The smallest absolute Gasteiger partial charge is 0.263 e. The zero-order valence-electron chi connectivity index (χ0n) is 10.8. The molecule has 0 saturated carbocycles. The van der Waals surface area contributed by atoms with Crippen LogP contribution in [0, 0.1) is 6.92 Å². The number of hydrogen-bond acceptors (Lipinski definition) is 4. The minimum Gasteiger partial charge on any atom is -0.289 e. The molecule has 0 bridgehead atoms. The molecule has 0 radical (unpaired) electrons. The summed E-state index contributed by atoms with van der Waals surface area (Å²) >= 11 is 0. The lowest BCUT2D eigenvalue weighted by Gasteiger charge is -2.07. The minimum absolute atomic E-state index is 0.115. The zero-order chi connectivity index (χ0) is 13.8. The average molecular weight is 261 g/mol. The van der Waals surface area contributed by atoms with Crippen molar-refractivity contribution in [3.8, 4) is 0 Å². The highest BCUT2D eigenvalue weighted by molar-refractivity contribution is 5.81. The first-order chi connectivity index (χ1) is 9.13. The number of aromatic nitrogens is 2. The van der Waals surface area contributed by atoms with Crippen molar-refractivity contribution in [2.24, 2.45) is 0 Å². The molecule has 2 aromatic rings. The highest BCUT2D eigenvalue weighted by Gasteiger charge is 2.08. The molecule has 0 aliphatic carbocycles. The molecule has 1 heterocycles. The number of para-hydroxylation sites is 1. The molecular weight excluding hydrogens is 246 g/mol. The Morgan fingerprint density at radius 2 is 2.26 bits per heavy atom. The van der Waals surface area contributed by atoms with Crippen LogP contribution in [-0.2, 0) is 16.2 Å². The number of aryl methyl sites for hydroxylation is 1. The molecule has 1 amide bonds. The molecule has 2 rings (SSSR count). The van der Waals surface area contributed by atoms with Gasteiger partial charge in [0.25, 0.3) is 11.5 Å². The molecule has 100 valence electrons. The van der Waals surface area contributed by atoms with Crippen LogP contribution in [0.3, 0.4) is 0 Å². The summed E-state index contributed by atoms with van der Waals surface area (Å²) in [5.41, 5.74) is 3.60. The number of hydrogen-bond donors (Lipinski definition) is 1. The van der Waals surface area contributed by atoms with E-state index in [0.717, 1.165) is 5.56 Å². The summed E-state index contributed by atoms with van der Waals surface area (Å²) in [4.78, 5) is 32.7. The van der Waals surface area contributed by atoms with Gasteiger partial charge >= 0.3 is 0 Å². The van der Waals surface area contributed by atoms with Crippen LogP contribution in [0.15, 0.2) is 29.3 Å². The summed E-state index contributed by atoms with van der Waals surface area (Å²) in [6.07, 6.45) is 1.38. The Labute approximate surface area is 110 Å².